The zero-order chi connectivity index (χ0) is 17.4. The van der Waals surface area contributed by atoms with Crippen LogP contribution in [0.1, 0.15) is 18.1 Å². The molecule has 2 aromatic carbocycles. The van der Waals surface area contributed by atoms with Crippen LogP contribution in [-0.4, -0.2) is 22.9 Å². The molecule has 1 saturated heterocycles. The van der Waals surface area contributed by atoms with Gasteiger partial charge in [0.05, 0.1) is 6.54 Å². The number of rotatable bonds is 3. The number of hydrogen-bond donors (Lipinski definition) is 0. The van der Waals surface area contributed by atoms with Gasteiger partial charge in [0.2, 0.25) is 0 Å². The normalized spacial score (nSPS) is 17.8. The Morgan fingerprint density at radius 1 is 1.12 bits per heavy atom. The molecule has 2 aromatic rings. The van der Waals surface area contributed by atoms with E-state index in [1.165, 1.54) is 23.1 Å². The fourth-order valence-electron chi connectivity index (χ4n) is 2.75. The van der Waals surface area contributed by atoms with Gasteiger partial charge in [-0.05, 0) is 38.1 Å². The molecule has 0 N–H and O–H groups in total. The highest BCUT2D eigenvalue weighted by Gasteiger charge is 2.43. The molecule has 1 heterocycles. The zero-order valence-corrected chi connectivity index (χ0v) is 14.0. The highest BCUT2D eigenvalue weighted by molar-refractivity contribution is 6.31. The first-order chi connectivity index (χ1) is 11.4. The number of benzene rings is 2. The molecule has 124 valence electrons. The van der Waals surface area contributed by atoms with Gasteiger partial charge in [-0.2, -0.15) is 0 Å². The Balaban J connectivity index is 1.92. The Bertz CT molecular complexity index is 787. The van der Waals surface area contributed by atoms with Gasteiger partial charge in [0.15, 0.2) is 0 Å². The van der Waals surface area contributed by atoms with Gasteiger partial charge in [-0.3, -0.25) is 14.6 Å². The topological polar surface area (TPSA) is 40.6 Å². The first-order valence-corrected chi connectivity index (χ1v) is 7.92. The van der Waals surface area contributed by atoms with Crippen molar-refractivity contribution in [3.05, 3.63) is 64.4 Å². The molecule has 0 spiro atoms. The highest BCUT2D eigenvalue weighted by atomic mass is 35.5. The fraction of sp³-hybridized carbons (Fsp3) is 0.222. The van der Waals surface area contributed by atoms with Crippen molar-refractivity contribution in [1.29, 1.82) is 0 Å². The molecule has 1 aliphatic heterocycles. The second-order valence-electron chi connectivity index (χ2n) is 5.79. The molecule has 1 aliphatic rings. The summed E-state index contributed by atoms with van der Waals surface area (Å²) in [4.78, 5) is 27.6. The summed E-state index contributed by atoms with van der Waals surface area (Å²) in [5.74, 6) is -0.913. The number of anilines is 1. The predicted octanol–water partition coefficient (Wildman–Crippen LogP) is 4.14. The first-order valence-electron chi connectivity index (χ1n) is 7.54. The van der Waals surface area contributed by atoms with Crippen LogP contribution in [0.4, 0.5) is 14.9 Å². The van der Waals surface area contributed by atoms with Crippen LogP contribution in [0.2, 0.25) is 5.02 Å². The molecule has 4 nitrogen and oxygen atoms in total. The lowest BCUT2D eigenvalue weighted by molar-refractivity contribution is -0.127. The maximum Gasteiger partial charge on any atom is 0.332 e. The predicted molar refractivity (Wildman–Crippen MR) is 90.5 cm³/mol. The summed E-state index contributed by atoms with van der Waals surface area (Å²) in [6.07, 6.45) is 0. The van der Waals surface area contributed by atoms with E-state index in [9.17, 15) is 14.0 Å². The number of hydrogen-bond acceptors (Lipinski definition) is 2. The molecule has 3 amide bonds. The summed E-state index contributed by atoms with van der Waals surface area (Å²) in [7, 11) is 0. The van der Waals surface area contributed by atoms with E-state index in [0.29, 0.717) is 5.69 Å². The van der Waals surface area contributed by atoms with Crippen molar-refractivity contribution >= 4 is 29.2 Å². The van der Waals surface area contributed by atoms with E-state index < -0.39 is 17.9 Å². The average Bonchev–Trinajstić information content (AvgIpc) is 2.75. The number of carbonyl (C=O) groups excluding carboxylic acids is 2. The van der Waals surface area contributed by atoms with Gasteiger partial charge in [-0.25, -0.2) is 9.18 Å². The monoisotopic (exact) mass is 346 g/mol. The lowest BCUT2D eigenvalue weighted by Gasteiger charge is -2.19. The van der Waals surface area contributed by atoms with Crippen molar-refractivity contribution < 1.29 is 14.0 Å². The molecular formula is C18H16ClFN2O2. The van der Waals surface area contributed by atoms with Gasteiger partial charge in [0.25, 0.3) is 5.91 Å². The Morgan fingerprint density at radius 3 is 2.42 bits per heavy atom. The molecule has 1 fully saturated rings. The maximum absolute atomic E-state index is 14.0. The van der Waals surface area contributed by atoms with Crippen LogP contribution in [0.15, 0.2) is 42.5 Å². The van der Waals surface area contributed by atoms with E-state index in [1.807, 2.05) is 19.1 Å². The third-order valence-corrected chi connectivity index (χ3v) is 4.49. The van der Waals surface area contributed by atoms with Gasteiger partial charge < -0.3 is 0 Å². The van der Waals surface area contributed by atoms with Crippen LogP contribution in [0.25, 0.3) is 0 Å². The van der Waals surface area contributed by atoms with Crippen molar-refractivity contribution in [3.63, 3.8) is 0 Å². The van der Waals surface area contributed by atoms with Crippen molar-refractivity contribution in [1.82, 2.24) is 4.90 Å². The lowest BCUT2D eigenvalue weighted by atomic mass is 10.2. The molecule has 0 aromatic heterocycles. The summed E-state index contributed by atoms with van der Waals surface area (Å²) in [6, 6.07) is 10.5. The second-order valence-corrected chi connectivity index (χ2v) is 6.20. The quantitative estimate of drug-likeness (QED) is 0.783. The third kappa shape index (κ3) is 2.76. The fourth-order valence-corrected chi connectivity index (χ4v) is 2.98. The summed E-state index contributed by atoms with van der Waals surface area (Å²) in [5, 5.41) is 0.192. The summed E-state index contributed by atoms with van der Waals surface area (Å²) < 4.78 is 14.0. The largest absolute Gasteiger partial charge is 0.332 e. The molecule has 1 atom stereocenters. The van der Waals surface area contributed by atoms with Crippen LogP contribution in [-0.2, 0) is 11.3 Å². The van der Waals surface area contributed by atoms with Gasteiger partial charge in [-0.1, -0.05) is 35.4 Å². The minimum Gasteiger partial charge on any atom is -0.282 e. The van der Waals surface area contributed by atoms with E-state index >= 15 is 0 Å². The van der Waals surface area contributed by atoms with Gasteiger partial charge in [0.1, 0.15) is 11.9 Å². The van der Waals surface area contributed by atoms with E-state index in [-0.39, 0.29) is 23.0 Å². The van der Waals surface area contributed by atoms with Crippen molar-refractivity contribution in [3.8, 4) is 0 Å². The minimum atomic E-state index is -0.647. The van der Waals surface area contributed by atoms with Crippen LogP contribution in [0.5, 0.6) is 0 Å². The van der Waals surface area contributed by atoms with Crippen molar-refractivity contribution in [2.45, 2.75) is 26.4 Å². The second kappa shape index (κ2) is 6.24. The SMILES string of the molecule is Cc1ccc(N2C(=O)N(Cc3c(F)cccc3Cl)C(=O)C2C)cc1. The molecular weight excluding hydrogens is 331 g/mol. The van der Waals surface area contributed by atoms with E-state index in [2.05, 4.69) is 0 Å². The zero-order valence-electron chi connectivity index (χ0n) is 13.3. The molecule has 0 aliphatic carbocycles. The molecule has 3 rings (SSSR count). The summed E-state index contributed by atoms with van der Waals surface area (Å²) in [5.41, 5.74) is 1.83. The number of halogens is 2. The Morgan fingerprint density at radius 2 is 1.79 bits per heavy atom. The molecule has 0 bridgehead atoms. The van der Waals surface area contributed by atoms with Gasteiger partial charge in [-0.15, -0.1) is 0 Å². The summed E-state index contributed by atoms with van der Waals surface area (Å²) >= 11 is 6.01. The number of imide groups is 1. The van der Waals surface area contributed by atoms with E-state index in [1.54, 1.807) is 19.1 Å². The van der Waals surface area contributed by atoms with Crippen molar-refractivity contribution in [2.24, 2.45) is 0 Å². The Kier molecular flexibility index (Phi) is 4.28. The van der Waals surface area contributed by atoms with Crippen LogP contribution < -0.4 is 4.90 Å². The number of amides is 3. The molecule has 24 heavy (non-hydrogen) atoms. The number of urea groups is 1. The van der Waals surface area contributed by atoms with Crippen LogP contribution >= 0.6 is 11.6 Å². The molecule has 1 unspecified atom stereocenters. The number of carbonyl (C=O) groups is 2. The third-order valence-electron chi connectivity index (χ3n) is 4.14. The molecule has 6 heteroatoms. The number of aryl methyl sites for hydroxylation is 1. The van der Waals surface area contributed by atoms with Crippen LogP contribution in [0, 0.1) is 12.7 Å². The smallest absolute Gasteiger partial charge is 0.282 e. The van der Waals surface area contributed by atoms with Crippen molar-refractivity contribution in [2.75, 3.05) is 4.90 Å². The summed E-state index contributed by atoms with van der Waals surface area (Å²) in [6.45, 7) is 3.41. The van der Waals surface area contributed by atoms with E-state index in [0.717, 1.165) is 10.5 Å². The Hall–Kier alpha value is -2.40. The highest BCUT2D eigenvalue weighted by Crippen LogP contribution is 2.29. The first kappa shape index (κ1) is 16.5. The minimum absolute atomic E-state index is 0.138. The number of nitrogens with zero attached hydrogens (tertiary/aromatic N) is 2. The lowest BCUT2D eigenvalue weighted by Crippen LogP contribution is -2.33. The Labute approximate surface area is 144 Å². The van der Waals surface area contributed by atoms with Gasteiger partial charge >= 0.3 is 6.03 Å². The molecule has 0 radical (unpaired) electrons. The standard InChI is InChI=1S/C18H16ClFN2O2/c1-11-6-8-13(9-7-11)22-12(2)17(23)21(18(22)24)10-14-15(19)4-3-5-16(14)20/h3-9,12H,10H2,1-2H3. The average molecular weight is 347 g/mol. The van der Waals surface area contributed by atoms with Gasteiger partial charge in [0, 0.05) is 16.3 Å². The maximum atomic E-state index is 14.0. The van der Waals surface area contributed by atoms with Crippen LogP contribution in [0.3, 0.4) is 0 Å². The van der Waals surface area contributed by atoms with E-state index in [4.69, 9.17) is 11.6 Å². The molecule has 0 saturated carbocycles.